The molecule has 154 valence electrons. The Balaban J connectivity index is 0.00000420. The molecule has 0 atom stereocenters. The zero-order valence-electron chi connectivity index (χ0n) is 17.4. The van der Waals surface area contributed by atoms with Crippen LogP contribution in [0.3, 0.4) is 0 Å². The van der Waals surface area contributed by atoms with Crippen molar-refractivity contribution in [1.82, 2.24) is 0 Å². The second-order valence-corrected chi connectivity index (χ2v) is 8.47. The van der Waals surface area contributed by atoms with Crippen molar-refractivity contribution in [3.63, 3.8) is 0 Å². The van der Waals surface area contributed by atoms with Gasteiger partial charge in [0.2, 0.25) is 0 Å². The molecule has 29 heavy (non-hydrogen) atoms. The van der Waals surface area contributed by atoms with E-state index in [0.29, 0.717) is 5.75 Å². The quantitative estimate of drug-likeness (QED) is 0.309. The van der Waals surface area contributed by atoms with E-state index in [0.717, 1.165) is 24.8 Å². The average molecular weight is 445 g/mol. The molecule has 7 heteroatoms. The van der Waals surface area contributed by atoms with E-state index < -0.39 is 10.1 Å². The van der Waals surface area contributed by atoms with Gasteiger partial charge in [-0.25, -0.2) is 0 Å². The fraction of sp³-hybridized carbons (Fsp3) is 0.455. The van der Waals surface area contributed by atoms with E-state index in [9.17, 15) is 18.1 Å². The number of aryl methyl sites for hydroxylation is 1. The molecule has 0 saturated carbocycles. The second-order valence-electron chi connectivity index (χ2n) is 7.05. The summed E-state index contributed by atoms with van der Waals surface area (Å²) in [6, 6.07) is 10.3. The summed E-state index contributed by atoms with van der Waals surface area (Å²) in [5.41, 5.74) is 0.919. The fourth-order valence-electron chi connectivity index (χ4n) is 3.11. The maximum atomic E-state index is 11.7. The maximum absolute atomic E-state index is 11.7. The smallest absolute Gasteiger partial charge is 0.872 e. The Morgan fingerprint density at radius 2 is 1.59 bits per heavy atom. The first-order valence-electron chi connectivity index (χ1n) is 9.95. The Morgan fingerprint density at radius 1 is 0.931 bits per heavy atom. The van der Waals surface area contributed by atoms with Crippen LogP contribution in [0.25, 0.3) is 0 Å². The van der Waals surface area contributed by atoms with Gasteiger partial charge >= 0.3 is 51.4 Å². The number of benzene rings is 2. The van der Waals surface area contributed by atoms with Crippen LogP contribution in [-0.4, -0.2) is 13.0 Å². The Kier molecular flexibility index (Phi) is 12.7. The minimum Gasteiger partial charge on any atom is -0.872 e. The summed E-state index contributed by atoms with van der Waals surface area (Å²) >= 11 is 0. The predicted molar refractivity (Wildman–Crippen MR) is 109 cm³/mol. The molecule has 0 aliphatic carbocycles. The van der Waals surface area contributed by atoms with Crippen molar-refractivity contribution in [3.8, 4) is 17.2 Å². The van der Waals surface area contributed by atoms with Crippen molar-refractivity contribution in [2.45, 2.75) is 69.6 Å². The largest absolute Gasteiger partial charge is 1.00 e. The molecular formula is C22H29KO5S. The van der Waals surface area contributed by atoms with Crippen molar-refractivity contribution in [3.05, 3.63) is 48.0 Å². The van der Waals surface area contributed by atoms with Crippen LogP contribution >= 0.6 is 0 Å². The first kappa shape index (κ1) is 26.6. The average Bonchev–Trinajstić information content (AvgIpc) is 2.65. The van der Waals surface area contributed by atoms with E-state index in [1.54, 1.807) is 12.1 Å². The molecule has 2 aromatic rings. The van der Waals surface area contributed by atoms with Crippen LogP contribution in [0.5, 0.6) is 17.2 Å². The zero-order chi connectivity index (χ0) is 20.4. The van der Waals surface area contributed by atoms with Gasteiger partial charge in [0.1, 0.15) is 11.5 Å². The minimum atomic E-state index is -4.31. The molecule has 0 aromatic heterocycles. The second kappa shape index (κ2) is 13.8. The first-order valence-corrected chi connectivity index (χ1v) is 11.4. The van der Waals surface area contributed by atoms with Gasteiger partial charge in [0, 0.05) is 6.07 Å². The predicted octanol–water partition coefficient (Wildman–Crippen LogP) is 2.49. The minimum absolute atomic E-state index is 0. The van der Waals surface area contributed by atoms with Crippen molar-refractivity contribution in [2.24, 2.45) is 0 Å². The van der Waals surface area contributed by atoms with E-state index >= 15 is 0 Å². The van der Waals surface area contributed by atoms with Crippen LogP contribution in [0.1, 0.15) is 63.9 Å². The summed E-state index contributed by atoms with van der Waals surface area (Å²) in [7, 11) is -4.31. The van der Waals surface area contributed by atoms with Crippen LogP contribution in [-0.2, 0) is 16.5 Å². The summed E-state index contributed by atoms with van der Waals surface area (Å²) in [5, 5.41) is 11.7. The van der Waals surface area contributed by atoms with Crippen molar-refractivity contribution in [2.75, 3.05) is 0 Å². The molecule has 0 aliphatic rings. The molecular weight excluding hydrogens is 415 g/mol. The van der Waals surface area contributed by atoms with E-state index in [1.165, 1.54) is 68.9 Å². The van der Waals surface area contributed by atoms with Gasteiger partial charge < -0.3 is 9.84 Å². The molecule has 0 bridgehead atoms. The summed E-state index contributed by atoms with van der Waals surface area (Å²) < 4.78 is 37.5. The molecule has 0 fully saturated rings. The van der Waals surface area contributed by atoms with E-state index in [-0.39, 0.29) is 67.8 Å². The van der Waals surface area contributed by atoms with Crippen LogP contribution in [0.15, 0.2) is 47.4 Å². The van der Waals surface area contributed by atoms with E-state index in [4.69, 9.17) is 4.74 Å². The number of unbranched alkanes of at least 4 members (excludes halogenated alkanes) is 7. The third kappa shape index (κ3) is 9.96. The topological polar surface area (TPSA) is 86.7 Å². The number of hydrogen-bond donors (Lipinski definition) is 1. The zero-order valence-corrected chi connectivity index (χ0v) is 21.3. The van der Waals surface area contributed by atoms with Crippen molar-refractivity contribution in [1.29, 1.82) is 0 Å². The third-order valence-electron chi connectivity index (χ3n) is 4.67. The SMILES string of the molecule is CCCCCCCCCCc1ccc([O-])cc1Oc1cccc(S(=O)(=O)O)c1.[K+]. The first-order chi connectivity index (χ1) is 13.4. The van der Waals surface area contributed by atoms with E-state index in [2.05, 4.69) is 6.92 Å². The fourth-order valence-corrected chi connectivity index (χ4v) is 3.63. The van der Waals surface area contributed by atoms with Gasteiger partial charge in [-0.1, -0.05) is 70.1 Å². The molecule has 0 saturated heterocycles. The van der Waals surface area contributed by atoms with Gasteiger partial charge in [0.05, 0.1) is 4.90 Å². The Hall–Kier alpha value is -0.414. The van der Waals surface area contributed by atoms with Gasteiger partial charge in [0.15, 0.2) is 0 Å². The molecule has 0 aliphatic heterocycles. The molecule has 2 rings (SSSR count). The molecule has 2 aromatic carbocycles. The Morgan fingerprint density at radius 3 is 2.24 bits per heavy atom. The standard InChI is InChI=1S/C22H30O5S.K/c1-2-3-4-5-6-7-8-9-11-18-14-15-19(23)16-22(18)27-20-12-10-13-21(17-20)28(24,25)26;/h10,12-17,23H,2-9,11H2,1H3,(H,24,25,26);/q;+1/p-1. The molecule has 5 nitrogen and oxygen atoms in total. The number of hydrogen-bond acceptors (Lipinski definition) is 4. The molecule has 0 radical (unpaired) electrons. The van der Waals surface area contributed by atoms with Gasteiger partial charge in [-0.05, 0) is 36.6 Å². The molecule has 0 heterocycles. The number of rotatable bonds is 12. The van der Waals surface area contributed by atoms with Crippen molar-refractivity contribution < 1.29 is 74.2 Å². The van der Waals surface area contributed by atoms with Crippen LogP contribution in [0.2, 0.25) is 0 Å². The third-order valence-corrected chi connectivity index (χ3v) is 5.52. The monoisotopic (exact) mass is 444 g/mol. The van der Waals surface area contributed by atoms with E-state index in [1.807, 2.05) is 0 Å². The van der Waals surface area contributed by atoms with Crippen LogP contribution < -0.4 is 61.2 Å². The normalized spacial score (nSPS) is 11.1. The maximum Gasteiger partial charge on any atom is 1.00 e. The summed E-state index contributed by atoms with van der Waals surface area (Å²) in [4.78, 5) is -0.243. The van der Waals surface area contributed by atoms with Gasteiger partial charge in [-0.3, -0.25) is 4.55 Å². The summed E-state index contributed by atoms with van der Waals surface area (Å²) in [6.45, 7) is 2.21. The molecule has 0 spiro atoms. The molecule has 1 N–H and O–H groups in total. The molecule has 0 amide bonds. The summed E-state index contributed by atoms with van der Waals surface area (Å²) in [6.07, 6.45) is 10.5. The van der Waals surface area contributed by atoms with Crippen LogP contribution in [0, 0.1) is 0 Å². The Labute approximate surface area is 217 Å². The molecule has 0 unspecified atom stereocenters. The van der Waals surface area contributed by atoms with Gasteiger partial charge in [-0.15, -0.1) is 5.75 Å². The van der Waals surface area contributed by atoms with Crippen LogP contribution in [0.4, 0.5) is 0 Å². The summed E-state index contributed by atoms with van der Waals surface area (Å²) in [5.74, 6) is 0.529. The Bertz CT molecular complexity index is 852. The van der Waals surface area contributed by atoms with Gasteiger partial charge in [-0.2, -0.15) is 8.42 Å². The van der Waals surface area contributed by atoms with Gasteiger partial charge in [0.25, 0.3) is 10.1 Å². The number of ether oxygens (including phenoxy) is 1. The van der Waals surface area contributed by atoms with Crippen molar-refractivity contribution >= 4 is 10.1 Å².